The fourth-order valence-electron chi connectivity index (χ4n) is 4.12. The Balaban J connectivity index is 1.60. The van der Waals surface area contributed by atoms with E-state index < -0.39 is 0 Å². The lowest BCUT2D eigenvalue weighted by Gasteiger charge is -2.39. The van der Waals surface area contributed by atoms with Gasteiger partial charge in [0.1, 0.15) is 0 Å². The second-order valence-electron chi connectivity index (χ2n) is 7.66. The van der Waals surface area contributed by atoms with Crippen LogP contribution in [0.1, 0.15) is 43.1 Å². The lowest BCUT2D eigenvalue weighted by atomic mass is 9.77. The summed E-state index contributed by atoms with van der Waals surface area (Å²) < 4.78 is 1.89. The minimum absolute atomic E-state index is 0.0380. The molecule has 1 atom stereocenters. The molecule has 2 fully saturated rings. The lowest BCUT2D eigenvalue weighted by Crippen LogP contribution is -2.46. The highest BCUT2D eigenvalue weighted by Gasteiger charge is 2.42. The predicted octanol–water partition coefficient (Wildman–Crippen LogP) is 1.34. The van der Waals surface area contributed by atoms with Crippen LogP contribution in [0.15, 0.2) is 0 Å². The monoisotopic (exact) mass is 332 g/mol. The molecule has 0 saturated carbocycles. The van der Waals surface area contributed by atoms with Crippen molar-refractivity contribution < 1.29 is 9.59 Å². The van der Waals surface area contributed by atoms with Gasteiger partial charge in [0, 0.05) is 44.7 Å². The SMILES string of the molecule is Cc1nn(C)c(C)c1CC(C)C(=O)N1CCC2(CC1)CNC(=O)C2. The molecule has 2 aliphatic heterocycles. The van der Waals surface area contributed by atoms with Gasteiger partial charge in [0.15, 0.2) is 0 Å². The fraction of sp³-hybridized carbons (Fsp3) is 0.722. The molecule has 2 amide bonds. The molecular formula is C18H28N4O2. The Kier molecular flexibility index (Phi) is 4.40. The molecule has 0 bridgehead atoms. The zero-order valence-corrected chi connectivity index (χ0v) is 15.2. The van der Waals surface area contributed by atoms with Crippen molar-refractivity contribution >= 4 is 11.8 Å². The van der Waals surface area contributed by atoms with Crippen molar-refractivity contribution in [3.63, 3.8) is 0 Å². The van der Waals surface area contributed by atoms with E-state index in [1.54, 1.807) is 0 Å². The molecule has 3 rings (SSSR count). The normalized spacial score (nSPS) is 21.2. The summed E-state index contributed by atoms with van der Waals surface area (Å²) in [5.74, 6) is 0.347. The summed E-state index contributed by atoms with van der Waals surface area (Å²) in [7, 11) is 1.94. The maximum absolute atomic E-state index is 12.8. The number of hydrogen-bond acceptors (Lipinski definition) is 3. The Bertz CT molecular complexity index is 656. The number of nitrogens with zero attached hydrogens (tertiary/aromatic N) is 3. The van der Waals surface area contributed by atoms with Gasteiger partial charge >= 0.3 is 0 Å². The minimum Gasteiger partial charge on any atom is -0.356 e. The number of amides is 2. The van der Waals surface area contributed by atoms with Gasteiger partial charge in [-0.15, -0.1) is 0 Å². The van der Waals surface area contributed by atoms with E-state index in [4.69, 9.17) is 0 Å². The van der Waals surface area contributed by atoms with Crippen LogP contribution in [-0.2, 0) is 23.1 Å². The number of carbonyl (C=O) groups excluding carboxylic acids is 2. The predicted molar refractivity (Wildman–Crippen MR) is 91.4 cm³/mol. The van der Waals surface area contributed by atoms with Crippen molar-refractivity contribution in [2.45, 2.75) is 46.5 Å². The third kappa shape index (κ3) is 3.06. The first-order valence-electron chi connectivity index (χ1n) is 8.86. The average Bonchev–Trinajstić information content (AvgIpc) is 3.02. The number of rotatable bonds is 3. The molecule has 2 saturated heterocycles. The van der Waals surface area contributed by atoms with Crippen LogP contribution in [0, 0.1) is 25.2 Å². The van der Waals surface area contributed by atoms with Crippen molar-refractivity contribution in [2.75, 3.05) is 19.6 Å². The largest absolute Gasteiger partial charge is 0.356 e. The number of nitrogens with one attached hydrogen (secondary N) is 1. The summed E-state index contributed by atoms with van der Waals surface area (Å²) in [5, 5.41) is 7.39. The quantitative estimate of drug-likeness (QED) is 0.908. The third-order valence-corrected chi connectivity index (χ3v) is 5.92. The van der Waals surface area contributed by atoms with Crippen LogP contribution < -0.4 is 5.32 Å². The number of aryl methyl sites for hydroxylation is 2. The zero-order valence-electron chi connectivity index (χ0n) is 15.2. The average molecular weight is 332 g/mol. The fourth-order valence-corrected chi connectivity index (χ4v) is 4.12. The Morgan fingerprint density at radius 3 is 2.50 bits per heavy atom. The Hall–Kier alpha value is -1.85. The molecule has 0 aromatic carbocycles. The Morgan fingerprint density at radius 2 is 2.00 bits per heavy atom. The van der Waals surface area contributed by atoms with E-state index in [0.29, 0.717) is 6.42 Å². The van der Waals surface area contributed by atoms with Crippen LogP contribution in [0.3, 0.4) is 0 Å². The molecule has 3 heterocycles. The minimum atomic E-state index is -0.0380. The number of piperidine rings is 1. The first-order chi connectivity index (χ1) is 11.3. The summed E-state index contributed by atoms with van der Waals surface area (Å²) in [6, 6.07) is 0. The van der Waals surface area contributed by atoms with Gasteiger partial charge in [-0.25, -0.2) is 0 Å². The van der Waals surface area contributed by atoms with Crippen LogP contribution in [0.25, 0.3) is 0 Å². The Morgan fingerprint density at radius 1 is 1.33 bits per heavy atom. The van der Waals surface area contributed by atoms with Crippen LogP contribution >= 0.6 is 0 Å². The van der Waals surface area contributed by atoms with Gasteiger partial charge < -0.3 is 10.2 Å². The number of likely N-dealkylation sites (tertiary alicyclic amines) is 1. The topological polar surface area (TPSA) is 67.2 Å². The van der Waals surface area contributed by atoms with Crippen LogP contribution in [-0.4, -0.2) is 46.1 Å². The summed E-state index contributed by atoms with van der Waals surface area (Å²) in [4.78, 5) is 26.3. The highest BCUT2D eigenvalue weighted by atomic mass is 16.2. The van der Waals surface area contributed by atoms with Crippen LogP contribution in [0.5, 0.6) is 0 Å². The third-order valence-electron chi connectivity index (χ3n) is 5.92. The van der Waals surface area contributed by atoms with Crippen molar-refractivity contribution in [1.82, 2.24) is 20.0 Å². The standard InChI is InChI=1S/C18H28N4O2/c1-12(9-15-13(2)20-21(4)14(15)3)17(24)22-7-5-18(6-8-22)10-16(23)19-11-18/h12H,5-11H2,1-4H3,(H,19,23). The van der Waals surface area contributed by atoms with E-state index in [9.17, 15) is 9.59 Å². The van der Waals surface area contributed by atoms with Gasteiger partial charge in [-0.05, 0) is 44.1 Å². The summed E-state index contributed by atoms with van der Waals surface area (Å²) >= 11 is 0. The smallest absolute Gasteiger partial charge is 0.225 e. The van der Waals surface area contributed by atoms with Crippen molar-refractivity contribution in [2.24, 2.45) is 18.4 Å². The van der Waals surface area contributed by atoms with Crippen molar-refractivity contribution in [3.05, 3.63) is 17.0 Å². The highest BCUT2D eigenvalue weighted by Crippen LogP contribution is 2.37. The van der Waals surface area contributed by atoms with E-state index in [0.717, 1.165) is 50.3 Å². The second kappa shape index (κ2) is 6.22. The molecule has 0 radical (unpaired) electrons. The summed E-state index contributed by atoms with van der Waals surface area (Å²) in [5.41, 5.74) is 3.44. The molecule has 0 aliphatic carbocycles. The van der Waals surface area contributed by atoms with E-state index in [1.165, 1.54) is 5.56 Å². The van der Waals surface area contributed by atoms with Gasteiger partial charge in [0.2, 0.25) is 11.8 Å². The Labute approximate surface area is 143 Å². The molecule has 1 unspecified atom stereocenters. The molecular weight excluding hydrogens is 304 g/mol. The maximum atomic E-state index is 12.8. The first kappa shape index (κ1) is 17.0. The maximum Gasteiger partial charge on any atom is 0.225 e. The van der Waals surface area contributed by atoms with Crippen molar-refractivity contribution in [3.8, 4) is 0 Å². The number of hydrogen-bond donors (Lipinski definition) is 1. The molecule has 6 nitrogen and oxygen atoms in total. The van der Waals surface area contributed by atoms with E-state index >= 15 is 0 Å². The van der Waals surface area contributed by atoms with Crippen LogP contribution in [0.4, 0.5) is 0 Å². The molecule has 2 aliphatic rings. The van der Waals surface area contributed by atoms with Gasteiger partial charge in [-0.3, -0.25) is 14.3 Å². The first-order valence-corrected chi connectivity index (χ1v) is 8.86. The molecule has 24 heavy (non-hydrogen) atoms. The molecule has 1 spiro atoms. The molecule has 1 N–H and O–H groups in total. The lowest BCUT2D eigenvalue weighted by molar-refractivity contribution is -0.137. The molecule has 1 aromatic rings. The molecule has 6 heteroatoms. The summed E-state index contributed by atoms with van der Waals surface area (Å²) in [6.07, 6.45) is 3.22. The van der Waals surface area contributed by atoms with Gasteiger partial charge in [-0.2, -0.15) is 5.10 Å². The highest BCUT2D eigenvalue weighted by molar-refractivity contribution is 5.80. The zero-order chi connectivity index (χ0) is 17.5. The molecule has 1 aromatic heterocycles. The van der Waals surface area contributed by atoms with E-state index in [2.05, 4.69) is 17.3 Å². The van der Waals surface area contributed by atoms with Gasteiger partial charge in [0.05, 0.1) is 5.69 Å². The van der Waals surface area contributed by atoms with Crippen LogP contribution in [0.2, 0.25) is 0 Å². The number of carbonyl (C=O) groups is 2. The number of aromatic nitrogens is 2. The second-order valence-corrected chi connectivity index (χ2v) is 7.66. The summed E-state index contributed by atoms with van der Waals surface area (Å²) in [6.45, 7) is 8.39. The van der Waals surface area contributed by atoms with Crippen molar-refractivity contribution in [1.29, 1.82) is 0 Å². The van der Waals surface area contributed by atoms with Gasteiger partial charge in [0.25, 0.3) is 0 Å². The molecule has 132 valence electrons. The van der Waals surface area contributed by atoms with E-state index in [1.807, 2.05) is 30.5 Å². The van der Waals surface area contributed by atoms with Gasteiger partial charge in [-0.1, -0.05) is 6.92 Å². The van der Waals surface area contributed by atoms with E-state index in [-0.39, 0.29) is 23.1 Å².